The van der Waals surface area contributed by atoms with Crippen LogP contribution in [0.4, 0.5) is 5.69 Å². The smallest absolute Gasteiger partial charge is 0.239 e. The van der Waals surface area contributed by atoms with Gasteiger partial charge >= 0.3 is 0 Å². The van der Waals surface area contributed by atoms with Gasteiger partial charge in [0.15, 0.2) is 0 Å². The number of nitrogens with one attached hydrogen (secondary N) is 1. The van der Waals surface area contributed by atoms with Gasteiger partial charge in [-0.2, -0.15) is 0 Å². The van der Waals surface area contributed by atoms with E-state index in [1.165, 1.54) is 0 Å². The normalized spacial score (nSPS) is 11.5. The van der Waals surface area contributed by atoms with E-state index in [1.54, 1.807) is 0 Å². The molecule has 1 aromatic rings. The fraction of sp³-hybridized carbons (Fsp3) is 0.588. The van der Waals surface area contributed by atoms with Crippen molar-refractivity contribution < 1.29 is 9.53 Å². The Hall–Kier alpha value is -1.06. The number of alkyl halides is 1. The van der Waals surface area contributed by atoms with Gasteiger partial charge in [-0.25, -0.2) is 0 Å². The summed E-state index contributed by atoms with van der Waals surface area (Å²) in [6.45, 7) is 9.75. The molecular formula is C17H26ClNO2. The van der Waals surface area contributed by atoms with E-state index in [-0.39, 0.29) is 17.2 Å². The lowest BCUT2D eigenvalue weighted by molar-refractivity contribution is -0.113. The Balaban J connectivity index is 3.02. The number of anilines is 1. The van der Waals surface area contributed by atoms with Crippen molar-refractivity contribution in [2.45, 2.75) is 52.6 Å². The molecule has 0 spiro atoms. The van der Waals surface area contributed by atoms with Gasteiger partial charge in [-0.1, -0.05) is 52.3 Å². The largest absolute Gasteiger partial charge is 0.377 e. The fourth-order valence-electron chi connectivity index (χ4n) is 2.09. The number of halogens is 1. The van der Waals surface area contributed by atoms with Crippen molar-refractivity contribution in [1.82, 2.24) is 0 Å². The van der Waals surface area contributed by atoms with Crippen molar-refractivity contribution >= 4 is 23.2 Å². The second-order valence-electron chi connectivity index (χ2n) is 6.18. The van der Waals surface area contributed by atoms with Gasteiger partial charge in [0, 0.05) is 12.2 Å². The predicted octanol–water partition coefficient (Wildman–Crippen LogP) is 4.48. The maximum atomic E-state index is 11.7. The van der Waals surface area contributed by atoms with Crippen LogP contribution in [0, 0.1) is 0 Å². The van der Waals surface area contributed by atoms with E-state index in [1.807, 2.05) is 18.2 Å². The van der Waals surface area contributed by atoms with Crippen molar-refractivity contribution in [2.75, 3.05) is 17.8 Å². The van der Waals surface area contributed by atoms with Crippen molar-refractivity contribution in [2.24, 2.45) is 0 Å². The van der Waals surface area contributed by atoms with Crippen LogP contribution in [0.1, 0.15) is 51.7 Å². The molecule has 1 aromatic carbocycles. The third kappa shape index (κ3) is 5.68. The number of hydrogen-bond acceptors (Lipinski definition) is 2. The lowest BCUT2D eigenvalue weighted by atomic mass is 9.84. The predicted molar refractivity (Wildman–Crippen MR) is 89.1 cm³/mol. The highest BCUT2D eigenvalue weighted by molar-refractivity contribution is 6.29. The van der Waals surface area contributed by atoms with E-state index in [4.69, 9.17) is 16.3 Å². The van der Waals surface area contributed by atoms with E-state index in [2.05, 4.69) is 33.0 Å². The van der Waals surface area contributed by atoms with Crippen LogP contribution < -0.4 is 5.32 Å². The lowest BCUT2D eigenvalue weighted by Crippen LogP contribution is -2.21. The Bertz CT molecular complexity index is 466. The summed E-state index contributed by atoms with van der Waals surface area (Å²) < 4.78 is 5.70. The molecule has 21 heavy (non-hydrogen) atoms. The molecule has 0 heterocycles. The summed E-state index contributed by atoms with van der Waals surface area (Å²) in [7, 11) is 0. The molecule has 1 amide bonds. The topological polar surface area (TPSA) is 38.3 Å². The summed E-state index contributed by atoms with van der Waals surface area (Å²) in [5.74, 6) is -0.239. The Morgan fingerprint density at radius 3 is 2.62 bits per heavy atom. The van der Waals surface area contributed by atoms with Crippen molar-refractivity contribution in [3.63, 3.8) is 0 Å². The van der Waals surface area contributed by atoms with Crippen molar-refractivity contribution in [3.05, 3.63) is 29.3 Å². The summed E-state index contributed by atoms with van der Waals surface area (Å²) in [4.78, 5) is 11.7. The van der Waals surface area contributed by atoms with Gasteiger partial charge in [0.1, 0.15) is 5.88 Å². The van der Waals surface area contributed by atoms with Gasteiger partial charge < -0.3 is 10.1 Å². The Morgan fingerprint density at radius 2 is 2.05 bits per heavy atom. The molecule has 4 heteroatoms. The van der Waals surface area contributed by atoms with Gasteiger partial charge in [0.25, 0.3) is 0 Å². The van der Waals surface area contributed by atoms with E-state index in [0.717, 1.165) is 36.3 Å². The number of hydrogen-bond donors (Lipinski definition) is 1. The number of benzene rings is 1. The van der Waals surface area contributed by atoms with Crippen molar-refractivity contribution in [3.8, 4) is 0 Å². The minimum Gasteiger partial charge on any atom is -0.377 e. The molecule has 0 radical (unpaired) electrons. The number of carbonyl (C=O) groups is 1. The number of unbranched alkanes of at least 4 members (excludes halogenated alkanes) is 1. The van der Waals surface area contributed by atoms with Crippen LogP contribution >= 0.6 is 11.6 Å². The molecule has 1 N–H and O–H groups in total. The monoisotopic (exact) mass is 311 g/mol. The number of amides is 1. The van der Waals surface area contributed by atoms with E-state index in [0.29, 0.717) is 6.61 Å². The Morgan fingerprint density at radius 1 is 1.33 bits per heavy atom. The van der Waals surface area contributed by atoms with Crippen molar-refractivity contribution in [1.29, 1.82) is 0 Å². The first-order valence-corrected chi connectivity index (χ1v) is 7.99. The minimum absolute atomic E-state index is 0.0470. The molecule has 0 aliphatic rings. The third-order valence-electron chi connectivity index (χ3n) is 3.24. The second kappa shape index (κ2) is 8.40. The molecule has 1 rings (SSSR count). The second-order valence-corrected chi connectivity index (χ2v) is 6.44. The lowest BCUT2D eigenvalue weighted by Gasteiger charge is -2.25. The van der Waals surface area contributed by atoms with E-state index in [9.17, 15) is 4.79 Å². The minimum atomic E-state index is -0.192. The standard InChI is InChI=1S/C17H26ClNO2/c1-5-6-10-21-12-13-8-7-9-14(17(2,3)4)16(13)19-15(20)11-18/h7-9H,5-6,10-12H2,1-4H3,(H,19,20). The molecule has 0 unspecified atom stereocenters. The summed E-state index contributed by atoms with van der Waals surface area (Å²) in [5, 5.41) is 2.93. The average molecular weight is 312 g/mol. The van der Waals surface area contributed by atoms with Gasteiger partial charge in [0.2, 0.25) is 5.91 Å². The quantitative estimate of drug-likeness (QED) is 0.595. The van der Waals surface area contributed by atoms with Gasteiger partial charge in [-0.05, 0) is 17.4 Å². The van der Waals surface area contributed by atoms with Gasteiger partial charge in [-0.3, -0.25) is 4.79 Å². The summed E-state index contributed by atoms with van der Waals surface area (Å²) >= 11 is 5.62. The molecule has 0 aliphatic carbocycles. The van der Waals surface area contributed by atoms with Crippen LogP contribution in [0.15, 0.2) is 18.2 Å². The van der Waals surface area contributed by atoms with Crippen LogP contribution in [0.25, 0.3) is 0 Å². The molecule has 0 aliphatic heterocycles. The van der Waals surface area contributed by atoms with Crippen LogP contribution in [0.2, 0.25) is 0 Å². The zero-order valence-electron chi connectivity index (χ0n) is 13.5. The van der Waals surface area contributed by atoms with Crippen LogP contribution in [0.3, 0.4) is 0 Å². The first kappa shape index (κ1) is 18.0. The highest BCUT2D eigenvalue weighted by atomic mass is 35.5. The SMILES string of the molecule is CCCCOCc1cccc(C(C)(C)C)c1NC(=O)CCl. The maximum absolute atomic E-state index is 11.7. The molecule has 0 bridgehead atoms. The molecule has 3 nitrogen and oxygen atoms in total. The van der Waals surface area contributed by atoms with E-state index < -0.39 is 0 Å². The number of ether oxygens (including phenoxy) is 1. The highest BCUT2D eigenvalue weighted by Gasteiger charge is 2.21. The zero-order valence-corrected chi connectivity index (χ0v) is 14.2. The first-order chi connectivity index (χ1) is 9.90. The summed E-state index contributed by atoms with van der Waals surface area (Å²) in [6.07, 6.45) is 2.15. The Kier molecular flexibility index (Phi) is 7.20. The van der Waals surface area contributed by atoms with Crippen LogP contribution in [0.5, 0.6) is 0 Å². The number of para-hydroxylation sites is 1. The molecule has 0 aromatic heterocycles. The highest BCUT2D eigenvalue weighted by Crippen LogP contribution is 2.32. The van der Waals surface area contributed by atoms with Gasteiger partial charge in [0.05, 0.1) is 12.3 Å². The zero-order chi connectivity index (χ0) is 15.9. The molecule has 0 saturated heterocycles. The third-order valence-corrected chi connectivity index (χ3v) is 3.49. The van der Waals surface area contributed by atoms with E-state index >= 15 is 0 Å². The average Bonchev–Trinajstić information content (AvgIpc) is 2.43. The fourth-order valence-corrected chi connectivity index (χ4v) is 2.16. The summed E-state index contributed by atoms with van der Waals surface area (Å²) in [5.41, 5.74) is 2.87. The molecule has 0 fully saturated rings. The number of rotatable bonds is 7. The first-order valence-electron chi connectivity index (χ1n) is 7.46. The maximum Gasteiger partial charge on any atom is 0.239 e. The Labute approximate surface area is 133 Å². The molecule has 0 saturated carbocycles. The molecule has 118 valence electrons. The number of carbonyl (C=O) groups excluding carboxylic acids is 1. The summed E-state index contributed by atoms with van der Waals surface area (Å²) in [6, 6.07) is 6.04. The molecule has 0 atom stereocenters. The van der Waals surface area contributed by atoms with Crippen LogP contribution in [-0.2, 0) is 21.6 Å². The molecular weight excluding hydrogens is 286 g/mol. The van der Waals surface area contributed by atoms with Gasteiger partial charge in [-0.15, -0.1) is 11.6 Å². The van der Waals surface area contributed by atoms with Crippen LogP contribution in [-0.4, -0.2) is 18.4 Å².